The summed E-state index contributed by atoms with van der Waals surface area (Å²) in [5.41, 5.74) is 0.834. The number of nitrogens with zero attached hydrogens (tertiary/aromatic N) is 2. The fraction of sp³-hybridized carbons (Fsp3) is 0.556. The van der Waals surface area contributed by atoms with Gasteiger partial charge in [-0.25, -0.2) is 0 Å². The van der Waals surface area contributed by atoms with Gasteiger partial charge in [-0.15, -0.1) is 0 Å². The molecule has 0 amide bonds. The summed E-state index contributed by atoms with van der Waals surface area (Å²) in [4.78, 5) is 11.3. The average Bonchev–Trinajstić information content (AvgIpc) is 2.56. The third-order valence-corrected chi connectivity index (χ3v) is 2.60. The fourth-order valence-electron chi connectivity index (χ4n) is 1.21. The van der Waals surface area contributed by atoms with Gasteiger partial charge in [0.15, 0.2) is 0 Å². The highest BCUT2D eigenvalue weighted by Crippen LogP contribution is 2.13. The number of aromatic nitrogens is 2. The minimum atomic E-state index is -0.412. The van der Waals surface area contributed by atoms with Crippen molar-refractivity contribution >= 4 is 17.6 Å². The summed E-state index contributed by atoms with van der Waals surface area (Å²) in [5, 5.41) is 7.51. The van der Waals surface area contributed by atoms with Crippen LogP contribution < -0.4 is 5.32 Å². The van der Waals surface area contributed by atoms with Crippen LogP contribution in [-0.4, -0.2) is 35.9 Å². The van der Waals surface area contributed by atoms with E-state index in [0.717, 1.165) is 5.69 Å². The molecule has 0 aliphatic carbocycles. The van der Waals surface area contributed by atoms with E-state index in [1.165, 1.54) is 7.11 Å². The molecule has 1 aromatic heterocycles. The molecular weight excluding hydrogens is 218 g/mol. The Morgan fingerprint density at radius 1 is 1.80 bits per heavy atom. The van der Waals surface area contributed by atoms with E-state index in [2.05, 4.69) is 15.2 Å². The molecule has 0 aromatic carbocycles. The first-order chi connectivity index (χ1) is 7.10. The Hall–Kier alpha value is -1.07. The van der Waals surface area contributed by atoms with Crippen molar-refractivity contribution in [3.05, 3.63) is 16.9 Å². The summed E-state index contributed by atoms with van der Waals surface area (Å²) in [6, 6.07) is -0.412. The molecule has 1 N–H and O–H groups in total. The molecule has 6 heteroatoms. The first-order valence-electron chi connectivity index (χ1n) is 4.53. The van der Waals surface area contributed by atoms with Crippen molar-refractivity contribution in [2.45, 2.75) is 19.5 Å². The molecule has 0 bridgehead atoms. The monoisotopic (exact) mass is 231 g/mol. The van der Waals surface area contributed by atoms with Crippen molar-refractivity contribution in [2.24, 2.45) is 0 Å². The molecule has 1 heterocycles. The van der Waals surface area contributed by atoms with Crippen molar-refractivity contribution in [1.82, 2.24) is 15.1 Å². The number of carbonyl (C=O) groups excluding carboxylic acids is 1. The van der Waals surface area contributed by atoms with Crippen LogP contribution in [0.3, 0.4) is 0 Å². The van der Waals surface area contributed by atoms with Gasteiger partial charge in [-0.3, -0.25) is 9.48 Å². The van der Waals surface area contributed by atoms with Crippen LogP contribution in [-0.2, 0) is 16.1 Å². The maximum Gasteiger partial charge on any atom is 0.324 e. The van der Waals surface area contributed by atoms with Crippen molar-refractivity contribution in [3.8, 4) is 0 Å². The van der Waals surface area contributed by atoms with Gasteiger partial charge >= 0.3 is 5.97 Å². The second kappa shape index (κ2) is 5.14. The lowest BCUT2D eigenvalue weighted by Crippen LogP contribution is -2.39. The van der Waals surface area contributed by atoms with Crippen LogP contribution in [0.15, 0.2) is 6.20 Å². The SMILES string of the molecule is CNC(Cn1ncc(Cl)c1C)C(=O)OC. The van der Waals surface area contributed by atoms with Gasteiger partial charge < -0.3 is 10.1 Å². The van der Waals surface area contributed by atoms with Crippen LogP contribution in [0.4, 0.5) is 0 Å². The van der Waals surface area contributed by atoms with Crippen LogP contribution >= 0.6 is 11.6 Å². The van der Waals surface area contributed by atoms with Gasteiger partial charge in [0.1, 0.15) is 6.04 Å². The number of methoxy groups -OCH3 is 1. The van der Waals surface area contributed by atoms with Crippen LogP contribution in [0.2, 0.25) is 5.02 Å². The zero-order valence-corrected chi connectivity index (χ0v) is 9.71. The van der Waals surface area contributed by atoms with Gasteiger partial charge in [-0.1, -0.05) is 11.6 Å². The van der Waals surface area contributed by atoms with Crippen molar-refractivity contribution in [1.29, 1.82) is 0 Å². The van der Waals surface area contributed by atoms with Crippen molar-refractivity contribution in [3.63, 3.8) is 0 Å². The number of ether oxygens (including phenoxy) is 1. The minimum absolute atomic E-state index is 0.316. The molecule has 0 aliphatic rings. The van der Waals surface area contributed by atoms with E-state index in [4.69, 9.17) is 11.6 Å². The Labute approximate surface area is 93.4 Å². The van der Waals surface area contributed by atoms with Gasteiger partial charge in [-0.05, 0) is 14.0 Å². The number of rotatable bonds is 4. The molecule has 1 atom stereocenters. The highest BCUT2D eigenvalue weighted by Gasteiger charge is 2.18. The molecule has 5 nitrogen and oxygen atoms in total. The standard InChI is InChI=1S/C9H14ClN3O2/c1-6-7(10)4-12-13(6)5-8(11-2)9(14)15-3/h4,8,11H,5H2,1-3H3. The molecule has 1 unspecified atom stereocenters. The highest BCUT2D eigenvalue weighted by atomic mass is 35.5. The van der Waals surface area contributed by atoms with Crippen molar-refractivity contribution in [2.75, 3.05) is 14.2 Å². The van der Waals surface area contributed by atoms with E-state index >= 15 is 0 Å². The van der Waals surface area contributed by atoms with E-state index < -0.39 is 6.04 Å². The Bertz CT molecular complexity index is 351. The normalized spacial score (nSPS) is 12.5. The summed E-state index contributed by atoms with van der Waals surface area (Å²) in [6.45, 7) is 2.25. The van der Waals surface area contributed by atoms with Crippen molar-refractivity contribution < 1.29 is 9.53 Å². The van der Waals surface area contributed by atoms with Gasteiger partial charge in [0.05, 0.1) is 30.6 Å². The molecule has 0 saturated carbocycles. The number of halogens is 1. The van der Waals surface area contributed by atoms with E-state index in [1.807, 2.05) is 6.92 Å². The predicted octanol–water partition coefficient (Wildman–Crippen LogP) is 0.606. The molecule has 0 radical (unpaired) electrons. The molecule has 0 spiro atoms. The lowest BCUT2D eigenvalue weighted by Gasteiger charge is -2.14. The number of hydrogen-bond donors (Lipinski definition) is 1. The van der Waals surface area contributed by atoms with Crippen LogP contribution in [0.5, 0.6) is 0 Å². The van der Waals surface area contributed by atoms with E-state index in [9.17, 15) is 4.79 Å². The Morgan fingerprint density at radius 3 is 2.87 bits per heavy atom. The van der Waals surface area contributed by atoms with Gasteiger partial charge in [0.2, 0.25) is 0 Å². The number of hydrogen-bond acceptors (Lipinski definition) is 4. The summed E-state index contributed by atoms with van der Waals surface area (Å²) in [7, 11) is 3.05. The Balaban J connectivity index is 2.75. The maximum absolute atomic E-state index is 11.3. The third-order valence-electron chi connectivity index (χ3n) is 2.23. The summed E-state index contributed by atoms with van der Waals surface area (Å²) < 4.78 is 6.31. The lowest BCUT2D eigenvalue weighted by atomic mass is 10.3. The molecule has 84 valence electrons. The third kappa shape index (κ3) is 2.70. The second-order valence-electron chi connectivity index (χ2n) is 3.12. The molecule has 0 aliphatic heterocycles. The van der Waals surface area contributed by atoms with Crippen LogP contribution in [0, 0.1) is 6.92 Å². The van der Waals surface area contributed by atoms with E-state index in [-0.39, 0.29) is 5.97 Å². The maximum atomic E-state index is 11.3. The van der Waals surface area contributed by atoms with E-state index in [1.54, 1.807) is 17.9 Å². The second-order valence-corrected chi connectivity index (χ2v) is 3.53. The fourth-order valence-corrected chi connectivity index (χ4v) is 1.35. The molecule has 1 aromatic rings. The molecular formula is C9H14ClN3O2. The smallest absolute Gasteiger partial charge is 0.324 e. The van der Waals surface area contributed by atoms with E-state index in [0.29, 0.717) is 11.6 Å². The molecule has 0 fully saturated rings. The summed E-state index contributed by atoms with van der Waals surface area (Å²) in [6.07, 6.45) is 1.56. The number of esters is 1. The zero-order chi connectivity index (χ0) is 11.4. The number of nitrogens with one attached hydrogen (secondary N) is 1. The zero-order valence-electron chi connectivity index (χ0n) is 8.95. The Morgan fingerprint density at radius 2 is 2.47 bits per heavy atom. The van der Waals surface area contributed by atoms with Gasteiger partial charge in [-0.2, -0.15) is 5.10 Å². The largest absolute Gasteiger partial charge is 0.468 e. The average molecular weight is 232 g/mol. The van der Waals surface area contributed by atoms with Crippen LogP contribution in [0.25, 0.3) is 0 Å². The lowest BCUT2D eigenvalue weighted by molar-refractivity contribution is -0.143. The quantitative estimate of drug-likeness (QED) is 0.772. The first-order valence-corrected chi connectivity index (χ1v) is 4.91. The van der Waals surface area contributed by atoms with Crippen LogP contribution in [0.1, 0.15) is 5.69 Å². The molecule has 0 saturated heterocycles. The molecule has 1 rings (SSSR count). The predicted molar refractivity (Wildman–Crippen MR) is 56.8 cm³/mol. The summed E-state index contributed by atoms with van der Waals surface area (Å²) >= 11 is 5.85. The first kappa shape index (κ1) is 12.0. The number of likely N-dealkylation sites (N-methyl/N-ethyl adjacent to an activating group) is 1. The minimum Gasteiger partial charge on any atom is -0.468 e. The topological polar surface area (TPSA) is 56.2 Å². The number of carbonyl (C=O) groups is 1. The van der Waals surface area contributed by atoms with Gasteiger partial charge in [0.25, 0.3) is 0 Å². The van der Waals surface area contributed by atoms with Gasteiger partial charge in [0, 0.05) is 0 Å². The Kier molecular flexibility index (Phi) is 4.11. The summed E-state index contributed by atoms with van der Waals surface area (Å²) in [5.74, 6) is -0.316. The highest BCUT2D eigenvalue weighted by molar-refractivity contribution is 6.31. The molecule has 15 heavy (non-hydrogen) atoms.